The Hall–Kier alpha value is -2.97. The zero-order valence-corrected chi connectivity index (χ0v) is 18.3. The Balaban J connectivity index is 1.95. The van der Waals surface area contributed by atoms with Crippen molar-refractivity contribution in [2.45, 2.75) is 12.8 Å². The van der Waals surface area contributed by atoms with E-state index in [0.29, 0.717) is 37.4 Å². The molecule has 2 N–H and O–H groups in total. The minimum atomic E-state index is -0.367. The van der Waals surface area contributed by atoms with Gasteiger partial charge in [0.15, 0.2) is 5.11 Å². The number of nitrogens with zero attached hydrogens (tertiary/aromatic N) is 1. The Morgan fingerprint density at radius 2 is 1.83 bits per heavy atom. The Kier molecular flexibility index (Phi) is 9.24. The second-order valence-electron chi connectivity index (χ2n) is 6.73. The number of benzene rings is 2. The Morgan fingerprint density at radius 3 is 2.57 bits per heavy atom. The summed E-state index contributed by atoms with van der Waals surface area (Å²) in [7, 11) is 5.06. The van der Waals surface area contributed by atoms with E-state index in [1.807, 2.05) is 24.3 Å². The van der Waals surface area contributed by atoms with Crippen LogP contribution < -0.4 is 15.4 Å². The van der Waals surface area contributed by atoms with Gasteiger partial charge >= 0.3 is 0 Å². The van der Waals surface area contributed by atoms with Crippen molar-refractivity contribution in [1.82, 2.24) is 10.2 Å². The molecule has 2 rings (SSSR count). The summed E-state index contributed by atoms with van der Waals surface area (Å²) >= 11 is 5.28. The molecule has 0 saturated heterocycles. The molecule has 0 atom stereocenters. The van der Waals surface area contributed by atoms with E-state index in [4.69, 9.17) is 21.7 Å². The van der Waals surface area contributed by atoms with Crippen LogP contribution in [0.1, 0.15) is 22.3 Å². The van der Waals surface area contributed by atoms with Crippen LogP contribution in [0.2, 0.25) is 0 Å². The first kappa shape index (κ1) is 23.3. The van der Waals surface area contributed by atoms with Gasteiger partial charge in [0, 0.05) is 33.3 Å². The van der Waals surface area contributed by atoms with Crippen molar-refractivity contribution in [3.8, 4) is 5.75 Å². The fourth-order valence-electron chi connectivity index (χ4n) is 2.63. The van der Waals surface area contributed by atoms with Gasteiger partial charge in [-0.3, -0.25) is 14.9 Å². The van der Waals surface area contributed by atoms with E-state index in [0.717, 1.165) is 11.3 Å². The van der Waals surface area contributed by atoms with E-state index in [1.54, 1.807) is 50.4 Å². The molecule has 0 aromatic heterocycles. The summed E-state index contributed by atoms with van der Waals surface area (Å²) in [6, 6.07) is 14.5. The molecule has 0 spiro atoms. The predicted octanol–water partition coefficient (Wildman–Crippen LogP) is 2.86. The van der Waals surface area contributed by atoms with Gasteiger partial charge in [-0.15, -0.1) is 0 Å². The van der Waals surface area contributed by atoms with Gasteiger partial charge in [-0.2, -0.15) is 0 Å². The number of anilines is 1. The second-order valence-corrected chi connectivity index (χ2v) is 7.14. The molecule has 0 aliphatic carbocycles. The van der Waals surface area contributed by atoms with Crippen LogP contribution in [-0.4, -0.2) is 56.2 Å². The predicted molar refractivity (Wildman–Crippen MR) is 121 cm³/mol. The third-order valence-electron chi connectivity index (χ3n) is 4.21. The molecular weight excluding hydrogens is 402 g/mol. The number of rotatable bonds is 9. The SMILES string of the molecule is COCCOc1ccccc1C(=O)NC(=S)Nc1cccc(CCC(=O)N(C)C)c1. The largest absolute Gasteiger partial charge is 0.490 e. The van der Waals surface area contributed by atoms with Crippen molar-refractivity contribution in [3.63, 3.8) is 0 Å². The fraction of sp³-hybridized carbons (Fsp3) is 0.318. The Labute approximate surface area is 182 Å². The number of hydrogen-bond donors (Lipinski definition) is 2. The van der Waals surface area contributed by atoms with Crippen LogP contribution in [0.15, 0.2) is 48.5 Å². The van der Waals surface area contributed by atoms with Gasteiger partial charge in [0.25, 0.3) is 5.91 Å². The molecule has 0 aliphatic rings. The summed E-state index contributed by atoms with van der Waals surface area (Å²) < 4.78 is 10.6. The van der Waals surface area contributed by atoms with E-state index in [9.17, 15) is 9.59 Å². The standard InChI is InChI=1S/C22H27N3O4S/c1-25(2)20(26)12-11-16-7-6-8-17(15-16)23-22(30)24-21(27)18-9-4-5-10-19(18)29-14-13-28-3/h4-10,15H,11-14H2,1-3H3,(H2,23,24,27,30). The van der Waals surface area contributed by atoms with Crippen LogP contribution >= 0.6 is 12.2 Å². The van der Waals surface area contributed by atoms with Crippen molar-refractivity contribution >= 4 is 34.8 Å². The first-order valence-corrected chi connectivity index (χ1v) is 9.93. The smallest absolute Gasteiger partial charge is 0.261 e. The lowest BCUT2D eigenvalue weighted by Gasteiger charge is -2.14. The normalized spacial score (nSPS) is 10.2. The molecule has 7 nitrogen and oxygen atoms in total. The van der Waals surface area contributed by atoms with E-state index < -0.39 is 0 Å². The zero-order valence-electron chi connectivity index (χ0n) is 17.4. The number of thiocarbonyl (C=S) groups is 1. The molecule has 2 aromatic rings. The number of aryl methyl sites for hydroxylation is 1. The molecule has 0 radical (unpaired) electrons. The van der Waals surface area contributed by atoms with Crippen LogP contribution in [0.5, 0.6) is 5.75 Å². The van der Waals surface area contributed by atoms with Crippen LogP contribution in [0.4, 0.5) is 5.69 Å². The highest BCUT2D eigenvalue weighted by molar-refractivity contribution is 7.80. The number of hydrogen-bond acceptors (Lipinski definition) is 5. The quantitative estimate of drug-likeness (QED) is 0.471. The maximum Gasteiger partial charge on any atom is 0.261 e. The number of methoxy groups -OCH3 is 1. The molecule has 30 heavy (non-hydrogen) atoms. The monoisotopic (exact) mass is 429 g/mol. The summed E-state index contributed by atoms with van der Waals surface area (Å²) in [6.45, 7) is 0.763. The summed E-state index contributed by atoms with van der Waals surface area (Å²) in [5.74, 6) is 0.165. The van der Waals surface area contributed by atoms with Crippen LogP contribution in [-0.2, 0) is 16.0 Å². The lowest BCUT2D eigenvalue weighted by atomic mass is 10.1. The maximum absolute atomic E-state index is 12.6. The minimum absolute atomic E-state index is 0.0718. The van der Waals surface area contributed by atoms with Crippen molar-refractivity contribution in [1.29, 1.82) is 0 Å². The van der Waals surface area contributed by atoms with Crippen LogP contribution in [0, 0.1) is 0 Å². The van der Waals surface area contributed by atoms with Crippen molar-refractivity contribution in [2.24, 2.45) is 0 Å². The number of amides is 2. The Bertz CT molecular complexity index is 886. The molecular formula is C22H27N3O4S. The van der Waals surface area contributed by atoms with Crippen LogP contribution in [0.3, 0.4) is 0 Å². The molecule has 0 unspecified atom stereocenters. The van der Waals surface area contributed by atoms with E-state index in [-0.39, 0.29) is 16.9 Å². The average Bonchev–Trinajstić information content (AvgIpc) is 2.72. The molecule has 2 aromatic carbocycles. The van der Waals surface area contributed by atoms with Gasteiger partial charge < -0.3 is 19.7 Å². The van der Waals surface area contributed by atoms with E-state index in [1.165, 1.54) is 0 Å². The van der Waals surface area contributed by atoms with Crippen LogP contribution in [0.25, 0.3) is 0 Å². The maximum atomic E-state index is 12.6. The molecule has 160 valence electrons. The highest BCUT2D eigenvalue weighted by Crippen LogP contribution is 2.18. The third kappa shape index (κ3) is 7.46. The molecule has 0 heterocycles. The van der Waals surface area contributed by atoms with Gasteiger partial charge in [0.1, 0.15) is 12.4 Å². The molecule has 8 heteroatoms. The van der Waals surface area contributed by atoms with Gasteiger partial charge in [-0.25, -0.2) is 0 Å². The Morgan fingerprint density at radius 1 is 1.07 bits per heavy atom. The number of nitrogens with one attached hydrogen (secondary N) is 2. The highest BCUT2D eigenvalue weighted by atomic mass is 32.1. The third-order valence-corrected chi connectivity index (χ3v) is 4.42. The lowest BCUT2D eigenvalue weighted by Crippen LogP contribution is -2.34. The molecule has 0 fully saturated rings. The first-order valence-electron chi connectivity index (χ1n) is 9.53. The van der Waals surface area contributed by atoms with E-state index >= 15 is 0 Å². The lowest BCUT2D eigenvalue weighted by molar-refractivity contribution is -0.128. The molecule has 0 bridgehead atoms. The van der Waals surface area contributed by atoms with Gasteiger partial charge in [0.2, 0.25) is 5.91 Å². The highest BCUT2D eigenvalue weighted by Gasteiger charge is 2.14. The summed E-state index contributed by atoms with van der Waals surface area (Å²) in [5.41, 5.74) is 2.12. The van der Waals surface area contributed by atoms with Crippen molar-refractivity contribution < 1.29 is 19.1 Å². The fourth-order valence-corrected chi connectivity index (χ4v) is 2.84. The van der Waals surface area contributed by atoms with Crippen molar-refractivity contribution in [3.05, 3.63) is 59.7 Å². The van der Waals surface area contributed by atoms with Gasteiger partial charge in [0.05, 0.1) is 12.2 Å². The zero-order chi connectivity index (χ0) is 21.9. The summed E-state index contributed by atoms with van der Waals surface area (Å²) in [6.07, 6.45) is 1.05. The summed E-state index contributed by atoms with van der Waals surface area (Å²) in [5, 5.41) is 5.85. The molecule has 0 saturated carbocycles. The van der Waals surface area contributed by atoms with Gasteiger partial charge in [-0.05, 0) is 48.5 Å². The average molecular weight is 430 g/mol. The van der Waals surface area contributed by atoms with E-state index in [2.05, 4.69) is 10.6 Å². The number of para-hydroxylation sites is 1. The second kappa shape index (κ2) is 11.9. The minimum Gasteiger partial charge on any atom is -0.490 e. The molecule has 0 aliphatic heterocycles. The number of carbonyl (C=O) groups excluding carboxylic acids is 2. The topological polar surface area (TPSA) is 79.9 Å². The first-order chi connectivity index (χ1) is 14.4. The summed E-state index contributed by atoms with van der Waals surface area (Å²) in [4.78, 5) is 26.0. The van der Waals surface area contributed by atoms with Crippen molar-refractivity contribution in [2.75, 3.05) is 39.7 Å². The molecule has 2 amide bonds. The number of ether oxygens (including phenoxy) is 2. The number of carbonyl (C=O) groups is 2. The van der Waals surface area contributed by atoms with Gasteiger partial charge in [-0.1, -0.05) is 24.3 Å².